The number of carbonyl (C=O) groups excluding carboxylic acids is 1. The van der Waals surface area contributed by atoms with Gasteiger partial charge < -0.3 is 5.32 Å². The summed E-state index contributed by atoms with van der Waals surface area (Å²) in [6.07, 6.45) is 9.56. The van der Waals surface area contributed by atoms with Gasteiger partial charge >= 0.3 is 0 Å². The summed E-state index contributed by atoms with van der Waals surface area (Å²) in [5, 5.41) is 3.27. The number of benzene rings is 1. The lowest BCUT2D eigenvalue weighted by Gasteiger charge is -2.24. The van der Waals surface area contributed by atoms with Gasteiger partial charge in [-0.15, -0.1) is 0 Å². The highest BCUT2D eigenvalue weighted by atomic mass is 16.1. The average Bonchev–Trinajstić information content (AvgIpc) is 3.24. The quantitative estimate of drug-likeness (QED) is 0.900. The van der Waals surface area contributed by atoms with E-state index in [0.717, 1.165) is 23.0 Å². The summed E-state index contributed by atoms with van der Waals surface area (Å²) >= 11 is 0. The summed E-state index contributed by atoms with van der Waals surface area (Å²) in [6, 6.07) is 14.1. The van der Waals surface area contributed by atoms with Crippen LogP contribution in [0.3, 0.4) is 0 Å². The number of pyridine rings is 1. The molecule has 124 valence electrons. The number of amides is 1. The predicted molar refractivity (Wildman–Crippen MR) is 94.2 cm³/mol. The molecule has 0 aliphatic heterocycles. The maximum atomic E-state index is 12.7. The fourth-order valence-corrected chi connectivity index (χ4v) is 4.65. The van der Waals surface area contributed by atoms with Crippen molar-refractivity contribution in [3.05, 3.63) is 66.0 Å². The van der Waals surface area contributed by atoms with Gasteiger partial charge in [0.25, 0.3) is 0 Å². The van der Waals surface area contributed by atoms with Crippen molar-refractivity contribution < 1.29 is 4.79 Å². The number of carbonyl (C=O) groups is 1. The normalized spacial score (nSPS) is 26.2. The first-order chi connectivity index (χ1) is 11.8. The maximum Gasteiger partial charge on any atom is 0.221 e. The van der Waals surface area contributed by atoms with Crippen LogP contribution in [0.15, 0.2) is 54.9 Å². The molecule has 0 saturated heterocycles. The summed E-state index contributed by atoms with van der Waals surface area (Å²) < 4.78 is 0. The first-order valence-corrected chi connectivity index (χ1v) is 9.04. The zero-order valence-electron chi connectivity index (χ0n) is 13.9. The molecule has 1 heterocycles. The van der Waals surface area contributed by atoms with Gasteiger partial charge in [-0.2, -0.15) is 0 Å². The summed E-state index contributed by atoms with van der Waals surface area (Å²) in [5.41, 5.74) is 2.20. The molecular formula is C21H24N2O. The lowest BCUT2D eigenvalue weighted by Crippen LogP contribution is -2.31. The first-order valence-electron chi connectivity index (χ1n) is 9.04. The van der Waals surface area contributed by atoms with Crippen LogP contribution in [0, 0.1) is 17.8 Å². The molecule has 1 N–H and O–H groups in total. The molecule has 0 spiro atoms. The first kappa shape index (κ1) is 15.4. The fourth-order valence-electron chi connectivity index (χ4n) is 4.65. The minimum atomic E-state index is -0.0970. The Morgan fingerprint density at radius 3 is 2.46 bits per heavy atom. The Morgan fingerprint density at radius 1 is 1.04 bits per heavy atom. The van der Waals surface area contributed by atoms with E-state index in [2.05, 4.69) is 22.4 Å². The summed E-state index contributed by atoms with van der Waals surface area (Å²) in [7, 11) is 0. The van der Waals surface area contributed by atoms with Crippen LogP contribution in [0.5, 0.6) is 0 Å². The van der Waals surface area contributed by atoms with Gasteiger partial charge in [0.15, 0.2) is 0 Å². The van der Waals surface area contributed by atoms with Gasteiger partial charge in [0.2, 0.25) is 5.91 Å². The Hall–Kier alpha value is -2.16. The van der Waals surface area contributed by atoms with Crippen LogP contribution in [0.25, 0.3) is 0 Å². The number of nitrogens with zero attached hydrogens (tertiary/aromatic N) is 1. The van der Waals surface area contributed by atoms with Gasteiger partial charge in [0.1, 0.15) is 0 Å². The second kappa shape index (κ2) is 6.76. The number of nitrogens with one attached hydrogen (secondary N) is 1. The van der Waals surface area contributed by atoms with Crippen LogP contribution < -0.4 is 5.32 Å². The van der Waals surface area contributed by atoms with Crippen molar-refractivity contribution in [2.24, 2.45) is 17.8 Å². The highest BCUT2D eigenvalue weighted by Crippen LogP contribution is 2.49. The summed E-state index contributed by atoms with van der Waals surface area (Å²) in [5.74, 6) is 2.45. The van der Waals surface area contributed by atoms with Crippen molar-refractivity contribution in [3.8, 4) is 0 Å². The van der Waals surface area contributed by atoms with Crippen molar-refractivity contribution >= 4 is 5.91 Å². The van der Waals surface area contributed by atoms with Gasteiger partial charge in [0.05, 0.1) is 6.04 Å². The lowest BCUT2D eigenvalue weighted by atomic mass is 9.86. The van der Waals surface area contributed by atoms with E-state index < -0.39 is 0 Å². The maximum absolute atomic E-state index is 12.7. The van der Waals surface area contributed by atoms with Crippen molar-refractivity contribution in [1.82, 2.24) is 10.3 Å². The largest absolute Gasteiger partial charge is 0.345 e. The van der Waals surface area contributed by atoms with Crippen LogP contribution >= 0.6 is 0 Å². The Balaban J connectivity index is 1.48. The van der Waals surface area contributed by atoms with Gasteiger partial charge in [-0.3, -0.25) is 9.78 Å². The molecule has 3 heteroatoms. The number of hydrogen-bond acceptors (Lipinski definition) is 2. The number of rotatable bonds is 5. The van der Waals surface area contributed by atoms with Crippen molar-refractivity contribution in [3.63, 3.8) is 0 Å². The molecule has 3 nitrogen and oxygen atoms in total. The number of fused-ring (bicyclic) bond motifs is 2. The molecule has 1 amide bonds. The highest BCUT2D eigenvalue weighted by molar-refractivity contribution is 5.77. The highest BCUT2D eigenvalue weighted by Gasteiger charge is 2.40. The average molecular weight is 320 g/mol. The fraction of sp³-hybridized carbons (Fsp3) is 0.429. The molecule has 2 aliphatic rings. The Bertz CT molecular complexity index is 646. The van der Waals surface area contributed by atoms with Crippen molar-refractivity contribution in [1.29, 1.82) is 0 Å². The Kier molecular flexibility index (Phi) is 4.33. The van der Waals surface area contributed by atoms with E-state index in [9.17, 15) is 4.79 Å². The molecule has 2 fully saturated rings. The molecule has 2 bridgehead atoms. The van der Waals surface area contributed by atoms with E-state index in [1.807, 2.05) is 30.3 Å². The Morgan fingerprint density at radius 2 is 1.79 bits per heavy atom. The topological polar surface area (TPSA) is 42.0 Å². The minimum Gasteiger partial charge on any atom is -0.345 e. The molecule has 24 heavy (non-hydrogen) atoms. The molecule has 0 unspecified atom stereocenters. The van der Waals surface area contributed by atoms with E-state index >= 15 is 0 Å². The molecule has 4 atom stereocenters. The SMILES string of the molecule is O=C(C[C@H]1C[C@H]2CC[C@H]1C2)N[C@@H](c1ccccc1)c1ccncc1. The third-order valence-electron chi connectivity index (χ3n) is 5.81. The molecule has 1 aromatic carbocycles. The van der Waals surface area contributed by atoms with E-state index in [1.54, 1.807) is 12.4 Å². The van der Waals surface area contributed by atoms with Gasteiger partial charge in [-0.1, -0.05) is 36.8 Å². The van der Waals surface area contributed by atoms with E-state index in [0.29, 0.717) is 12.3 Å². The monoisotopic (exact) mass is 320 g/mol. The summed E-state index contributed by atoms with van der Waals surface area (Å²) in [6.45, 7) is 0. The Labute approximate surface area is 143 Å². The third-order valence-corrected chi connectivity index (χ3v) is 5.81. The number of aromatic nitrogens is 1. The van der Waals surface area contributed by atoms with E-state index in [4.69, 9.17) is 0 Å². The molecule has 1 aromatic heterocycles. The summed E-state index contributed by atoms with van der Waals surface area (Å²) in [4.78, 5) is 16.8. The van der Waals surface area contributed by atoms with E-state index in [1.165, 1.54) is 25.7 Å². The molecule has 2 aliphatic carbocycles. The zero-order chi connectivity index (χ0) is 16.4. The lowest BCUT2D eigenvalue weighted by molar-refractivity contribution is -0.122. The van der Waals surface area contributed by atoms with Gasteiger partial charge in [-0.25, -0.2) is 0 Å². The predicted octanol–water partition coefficient (Wildman–Crippen LogP) is 4.11. The molecule has 0 radical (unpaired) electrons. The zero-order valence-corrected chi connectivity index (χ0v) is 13.9. The molecule has 4 rings (SSSR count). The van der Waals surface area contributed by atoms with Crippen molar-refractivity contribution in [2.75, 3.05) is 0 Å². The molecule has 2 saturated carbocycles. The van der Waals surface area contributed by atoms with Crippen LogP contribution in [0.1, 0.15) is 49.3 Å². The van der Waals surface area contributed by atoms with Crippen LogP contribution in [0.2, 0.25) is 0 Å². The van der Waals surface area contributed by atoms with Crippen LogP contribution in [0.4, 0.5) is 0 Å². The van der Waals surface area contributed by atoms with Gasteiger partial charge in [-0.05, 0) is 60.3 Å². The minimum absolute atomic E-state index is 0.0970. The standard InChI is InChI=1S/C21H24N2O/c24-20(14-19-13-15-6-7-18(19)12-15)23-21(16-4-2-1-3-5-16)17-8-10-22-11-9-17/h1-5,8-11,15,18-19,21H,6-7,12-14H2,(H,23,24)/t15-,18-,19+,21-/m0/s1. The molecular weight excluding hydrogens is 296 g/mol. The van der Waals surface area contributed by atoms with Crippen LogP contribution in [-0.2, 0) is 4.79 Å². The van der Waals surface area contributed by atoms with Crippen LogP contribution in [-0.4, -0.2) is 10.9 Å². The van der Waals surface area contributed by atoms with E-state index in [-0.39, 0.29) is 11.9 Å². The van der Waals surface area contributed by atoms with Gasteiger partial charge in [0, 0.05) is 18.8 Å². The van der Waals surface area contributed by atoms with Crippen molar-refractivity contribution in [2.45, 2.75) is 38.1 Å². The number of hydrogen-bond donors (Lipinski definition) is 1. The third kappa shape index (κ3) is 3.21. The molecule has 2 aromatic rings. The second-order valence-corrected chi connectivity index (χ2v) is 7.33. The second-order valence-electron chi connectivity index (χ2n) is 7.33. The smallest absolute Gasteiger partial charge is 0.221 e.